The van der Waals surface area contributed by atoms with E-state index in [0.29, 0.717) is 23.4 Å². The molecular formula is C23H26N2O3. The molecule has 0 unspecified atom stereocenters. The van der Waals surface area contributed by atoms with Gasteiger partial charge in [-0.2, -0.15) is 0 Å². The number of ether oxygens (including phenoxy) is 1. The number of nitrogens with zero attached hydrogens (tertiary/aromatic N) is 1. The zero-order valence-corrected chi connectivity index (χ0v) is 17.0. The summed E-state index contributed by atoms with van der Waals surface area (Å²) in [5, 5.41) is 3.23. The molecular weight excluding hydrogens is 352 g/mol. The smallest absolute Gasteiger partial charge is 0.278 e. The van der Waals surface area contributed by atoms with E-state index in [-0.39, 0.29) is 17.9 Å². The van der Waals surface area contributed by atoms with Crippen LogP contribution in [0, 0.1) is 13.8 Å². The third kappa shape index (κ3) is 3.65. The number of hydrogen-bond acceptors (Lipinski definition) is 4. The fraction of sp³-hybridized carbons (Fsp3) is 0.304. The first-order valence-electron chi connectivity index (χ1n) is 9.53. The van der Waals surface area contributed by atoms with Crippen LogP contribution in [0.5, 0.6) is 5.75 Å². The van der Waals surface area contributed by atoms with Gasteiger partial charge in [0.15, 0.2) is 0 Å². The van der Waals surface area contributed by atoms with Crippen molar-refractivity contribution < 1.29 is 14.3 Å². The highest BCUT2D eigenvalue weighted by atomic mass is 16.5. The lowest BCUT2D eigenvalue weighted by atomic mass is 10.0. The van der Waals surface area contributed by atoms with Crippen molar-refractivity contribution >= 4 is 23.1 Å². The van der Waals surface area contributed by atoms with E-state index in [1.807, 2.05) is 77.1 Å². The number of anilines is 1. The zero-order chi connectivity index (χ0) is 20.4. The highest BCUT2D eigenvalue weighted by Gasteiger charge is 2.40. The average molecular weight is 378 g/mol. The molecule has 5 heteroatoms. The Bertz CT molecular complexity index is 943. The van der Waals surface area contributed by atoms with Gasteiger partial charge in [-0.1, -0.05) is 29.8 Å². The monoisotopic (exact) mass is 378 g/mol. The zero-order valence-electron chi connectivity index (χ0n) is 17.0. The minimum atomic E-state index is -0.302. The molecule has 3 rings (SSSR count). The van der Waals surface area contributed by atoms with Gasteiger partial charge in [0.1, 0.15) is 11.4 Å². The van der Waals surface area contributed by atoms with E-state index >= 15 is 0 Å². The Hall–Kier alpha value is -3.08. The van der Waals surface area contributed by atoms with E-state index in [2.05, 4.69) is 5.32 Å². The fourth-order valence-electron chi connectivity index (χ4n) is 3.37. The van der Waals surface area contributed by atoms with E-state index in [1.165, 1.54) is 4.90 Å². The van der Waals surface area contributed by atoms with Gasteiger partial charge in [0.05, 0.1) is 12.2 Å². The van der Waals surface area contributed by atoms with Gasteiger partial charge in [0, 0.05) is 11.7 Å². The molecule has 1 N–H and O–H groups in total. The minimum absolute atomic E-state index is 0.226. The van der Waals surface area contributed by atoms with Crippen LogP contribution in [0.2, 0.25) is 0 Å². The van der Waals surface area contributed by atoms with E-state index in [0.717, 1.165) is 22.6 Å². The molecule has 1 aliphatic heterocycles. The predicted octanol–water partition coefficient (Wildman–Crippen LogP) is 4.30. The summed E-state index contributed by atoms with van der Waals surface area (Å²) in [5.41, 5.74) is 4.37. The summed E-state index contributed by atoms with van der Waals surface area (Å²) in [5.74, 6) is 0.147. The Morgan fingerprint density at radius 3 is 2.25 bits per heavy atom. The van der Waals surface area contributed by atoms with Crippen molar-refractivity contribution in [2.75, 3.05) is 11.9 Å². The first-order chi connectivity index (χ1) is 13.3. The van der Waals surface area contributed by atoms with Crippen molar-refractivity contribution in [3.05, 3.63) is 64.9 Å². The summed E-state index contributed by atoms with van der Waals surface area (Å²) in [7, 11) is 0. The molecule has 0 fully saturated rings. The van der Waals surface area contributed by atoms with Gasteiger partial charge < -0.3 is 10.1 Å². The molecule has 2 aromatic rings. The van der Waals surface area contributed by atoms with Crippen LogP contribution in [-0.4, -0.2) is 29.4 Å². The van der Waals surface area contributed by atoms with Gasteiger partial charge in [0.25, 0.3) is 11.8 Å². The number of benzene rings is 2. The lowest BCUT2D eigenvalue weighted by Gasteiger charge is -2.19. The number of nitrogens with one attached hydrogen (secondary N) is 1. The van der Waals surface area contributed by atoms with Gasteiger partial charge in [-0.25, -0.2) is 0 Å². The third-order valence-corrected chi connectivity index (χ3v) is 4.73. The Morgan fingerprint density at radius 2 is 1.68 bits per heavy atom. The normalized spacial score (nSPS) is 14.3. The number of imide groups is 1. The van der Waals surface area contributed by atoms with Gasteiger partial charge in [0.2, 0.25) is 0 Å². The third-order valence-electron chi connectivity index (χ3n) is 4.73. The van der Waals surface area contributed by atoms with Crippen LogP contribution in [0.4, 0.5) is 5.69 Å². The SMILES string of the molecule is CCOc1ccc(C2=C(Nc3ccc(C)cc3C)C(=O)N(C(C)C)C2=O)cc1. The van der Waals surface area contributed by atoms with E-state index < -0.39 is 0 Å². The summed E-state index contributed by atoms with van der Waals surface area (Å²) in [6.45, 7) is 10.2. The Morgan fingerprint density at radius 1 is 1.00 bits per heavy atom. The molecule has 2 aromatic carbocycles. The second kappa shape index (κ2) is 7.89. The first kappa shape index (κ1) is 19.7. The van der Waals surface area contributed by atoms with Crippen LogP contribution in [0.1, 0.15) is 37.5 Å². The second-order valence-electron chi connectivity index (χ2n) is 7.22. The maximum absolute atomic E-state index is 13.1. The van der Waals surface area contributed by atoms with Gasteiger partial charge in [-0.05, 0) is 63.9 Å². The predicted molar refractivity (Wildman–Crippen MR) is 111 cm³/mol. The second-order valence-corrected chi connectivity index (χ2v) is 7.22. The van der Waals surface area contributed by atoms with E-state index in [4.69, 9.17) is 4.74 Å². The minimum Gasteiger partial charge on any atom is -0.494 e. The molecule has 1 heterocycles. The average Bonchev–Trinajstić information content (AvgIpc) is 2.88. The quantitative estimate of drug-likeness (QED) is 0.762. The number of carbonyl (C=O) groups is 2. The number of rotatable bonds is 6. The number of aryl methyl sites for hydroxylation is 2. The molecule has 0 bridgehead atoms. The lowest BCUT2D eigenvalue weighted by Crippen LogP contribution is -2.38. The highest BCUT2D eigenvalue weighted by Crippen LogP contribution is 2.33. The summed E-state index contributed by atoms with van der Waals surface area (Å²) in [6, 6.07) is 13.0. The first-order valence-corrected chi connectivity index (χ1v) is 9.53. The molecule has 1 aliphatic rings. The molecule has 0 aliphatic carbocycles. The van der Waals surface area contributed by atoms with Crippen molar-refractivity contribution in [2.24, 2.45) is 0 Å². The van der Waals surface area contributed by atoms with Gasteiger partial charge >= 0.3 is 0 Å². The maximum atomic E-state index is 13.1. The molecule has 28 heavy (non-hydrogen) atoms. The van der Waals surface area contributed by atoms with Crippen LogP contribution in [0.25, 0.3) is 5.57 Å². The molecule has 0 saturated carbocycles. The summed E-state index contributed by atoms with van der Waals surface area (Å²) in [4.78, 5) is 27.4. The molecule has 0 radical (unpaired) electrons. The van der Waals surface area contributed by atoms with Crippen LogP contribution in [-0.2, 0) is 9.59 Å². The highest BCUT2D eigenvalue weighted by molar-refractivity contribution is 6.36. The van der Waals surface area contributed by atoms with Crippen molar-refractivity contribution in [2.45, 2.75) is 40.7 Å². The van der Waals surface area contributed by atoms with Crippen molar-refractivity contribution in [1.82, 2.24) is 4.90 Å². The maximum Gasteiger partial charge on any atom is 0.278 e. The van der Waals surface area contributed by atoms with Crippen LogP contribution in [0.15, 0.2) is 48.2 Å². The largest absolute Gasteiger partial charge is 0.494 e. The summed E-state index contributed by atoms with van der Waals surface area (Å²) < 4.78 is 5.49. The molecule has 2 amide bonds. The fourth-order valence-corrected chi connectivity index (χ4v) is 3.37. The van der Waals surface area contributed by atoms with Crippen molar-refractivity contribution in [3.8, 4) is 5.75 Å². The molecule has 0 spiro atoms. The number of amides is 2. The molecule has 146 valence electrons. The van der Waals surface area contributed by atoms with Crippen molar-refractivity contribution in [1.29, 1.82) is 0 Å². The lowest BCUT2D eigenvalue weighted by molar-refractivity contribution is -0.138. The van der Waals surface area contributed by atoms with Crippen LogP contribution < -0.4 is 10.1 Å². The van der Waals surface area contributed by atoms with Crippen molar-refractivity contribution in [3.63, 3.8) is 0 Å². The number of hydrogen-bond donors (Lipinski definition) is 1. The topological polar surface area (TPSA) is 58.6 Å². The molecule has 5 nitrogen and oxygen atoms in total. The van der Waals surface area contributed by atoms with Crippen LogP contribution in [0.3, 0.4) is 0 Å². The number of carbonyl (C=O) groups excluding carboxylic acids is 2. The molecule has 0 saturated heterocycles. The van der Waals surface area contributed by atoms with Gasteiger partial charge in [-0.3, -0.25) is 14.5 Å². The summed E-state index contributed by atoms with van der Waals surface area (Å²) in [6.07, 6.45) is 0. The summed E-state index contributed by atoms with van der Waals surface area (Å²) >= 11 is 0. The standard InChI is InChI=1S/C23H26N2O3/c1-6-28-18-10-8-17(9-11-18)20-21(23(27)25(14(2)3)22(20)26)24-19-12-7-15(4)13-16(19)5/h7-14,24H,6H2,1-5H3. The van der Waals surface area contributed by atoms with E-state index in [9.17, 15) is 9.59 Å². The molecule has 0 atom stereocenters. The Labute approximate surface area is 166 Å². The Kier molecular flexibility index (Phi) is 5.54. The van der Waals surface area contributed by atoms with E-state index in [1.54, 1.807) is 0 Å². The molecule has 0 aromatic heterocycles. The Balaban J connectivity index is 2.07. The van der Waals surface area contributed by atoms with Crippen LogP contribution >= 0.6 is 0 Å². The van der Waals surface area contributed by atoms with Gasteiger partial charge in [-0.15, -0.1) is 0 Å².